The minimum atomic E-state index is -0.496. The Hall–Kier alpha value is -3.08. The number of nitrogens with one attached hydrogen (secondary N) is 1. The van der Waals surface area contributed by atoms with E-state index < -0.39 is 17.8 Å². The molecule has 1 aromatic carbocycles. The first-order valence-corrected chi connectivity index (χ1v) is 9.83. The average Bonchev–Trinajstić information content (AvgIpc) is 3.19. The van der Waals surface area contributed by atoms with Gasteiger partial charge in [0.25, 0.3) is 0 Å². The van der Waals surface area contributed by atoms with Crippen molar-refractivity contribution in [3.05, 3.63) is 83.1 Å². The van der Waals surface area contributed by atoms with Crippen LogP contribution in [0.3, 0.4) is 0 Å². The second-order valence-electron chi connectivity index (χ2n) is 8.43. The first kappa shape index (κ1) is 19.2. The maximum atomic E-state index is 13.1. The number of ether oxygens (including phenoxy) is 1. The summed E-state index contributed by atoms with van der Waals surface area (Å²) in [5, 5.41) is 3.30. The zero-order valence-corrected chi connectivity index (χ0v) is 16.9. The molecule has 1 aliphatic carbocycles. The number of carbonyl (C=O) groups excluding carboxylic acids is 2. The lowest BCUT2D eigenvalue weighted by Gasteiger charge is -2.40. The highest BCUT2D eigenvalue weighted by Crippen LogP contribution is 2.47. The molecule has 0 radical (unpaired) electrons. The molecule has 1 aromatic heterocycles. The van der Waals surface area contributed by atoms with Crippen LogP contribution in [0.1, 0.15) is 44.4 Å². The maximum Gasteiger partial charge on any atom is 0.336 e. The van der Waals surface area contributed by atoms with E-state index >= 15 is 0 Å². The highest BCUT2D eigenvalue weighted by atomic mass is 16.5. The number of allylic oxidation sites excluding steroid dienone is 3. The number of carbonyl (C=O) groups is 2. The summed E-state index contributed by atoms with van der Waals surface area (Å²) in [7, 11) is 0. The average molecular weight is 391 g/mol. The van der Waals surface area contributed by atoms with Gasteiger partial charge in [-0.1, -0.05) is 50.3 Å². The van der Waals surface area contributed by atoms with Crippen LogP contribution in [0.4, 0.5) is 0 Å². The smallest absolute Gasteiger partial charge is 0.336 e. The second kappa shape index (κ2) is 7.39. The molecule has 150 valence electrons. The van der Waals surface area contributed by atoms with E-state index in [9.17, 15) is 9.59 Å². The molecule has 2 heterocycles. The second-order valence-corrected chi connectivity index (χ2v) is 8.43. The molecule has 1 aliphatic heterocycles. The van der Waals surface area contributed by atoms with Crippen molar-refractivity contribution in [2.45, 2.75) is 39.7 Å². The van der Waals surface area contributed by atoms with Crippen molar-refractivity contribution < 1.29 is 18.7 Å². The van der Waals surface area contributed by atoms with Crippen LogP contribution in [-0.2, 0) is 20.9 Å². The van der Waals surface area contributed by atoms with E-state index in [4.69, 9.17) is 9.15 Å². The largest absolute Gasteiger partial charge is 0.469 e. The van der Waals surface area contributed by atoms with Crippen LogP contribution in [-0.4, -0.2) is 11.8 Å². The van der Waals surface area contributed by atoms with E-state index in [0.717, 1.165) is 11.3 Å². The molecule has 0 amide bonds. The molecule has 1 N–H and O–H groups in total. The van der Waals surface area contributed by atoms with Gasteiger partial charge < -0.3 is 14.5 Å². The first-order valence-electron chi connectivity index (χ1n) is 9.83. The molecular weight excluding hydrogens is 366 g/mol. The van der Waals surface area contributed by atoms with Crippen molar-refractivity contribution >= 4 is 11.8 Å². The number of ketones is 1. The molecule has 0 bridgehead atoms. The summed E-state index contributed by atoms with van der Waals surface area (Å²) >= 11 is 0. The number of Topliss-reactive ketones (excluding diaryl/α,β-unsaturated/α-hetero) is 1. The van der Waals surface area contributed by atoms with Gasteiger partial charge in [0, 0.05) is 17.8 Å². The molecule has 0 spiro atoms. The van der Waals surface area contributed by atoms with Crippen molar-refractivity contribution in [1.82, 2.24) is 5.32 Å². The standard InChI is InChI=1S/C24H25NO4/c1-15-20(23(27)29-14-16-8-5-4-6-9-16)22(19-10-7-11-28-19)21-17(25-15)12-24(2,3)13-18(21)26/h4-12,21-22,25H,13-14H2,1-3H3. The predicted octanol–water partition coefficient (Wildman–Crippen LogP) is 4.48. The SMILES string of the molecule is CC1=C(C(=O)OCc2ccccc2)C(c2ccco2)C2C(=O)CC(C)(C)C=C2N1. The highest BCUT2D eigenvalue weighted by Gasteiger charge is 2.47. The van der Waals surface area contributed by atoms with Crippen molar-refractivity contribution in [1.29, 1.82) is 0 Å². The van der Waals surface area contributed by atoms with Crippen molar-refractivity contribution in [2.75, 3.05) is 0 Å². The molecule has 5 heteroatoms. The number of hydrogen-bond donors (Lipinski definition) is 1. The Morgan fingerprint density at radius 2 is 1.93 bits per heavy atom. The summed E-state index contributed by atoms with van der Waals surface area (Å²) in [6.07, 6.45) is 4.09. The third-order valence-electron chi connectivity index (χ3n) is 5.52. The van der Waals surface area contributed by atoms with E-state index in [1.54, 1.807) is 12.3 Å². The first-order chi connectivity index (χ1) is 13.9. The van der Waals surface area contributed by atoms with Gasteiger partial charge >= 0.3 is 5.97 Å². The molecular formula is C24H25NO4. The summed E-state index contributed by atoms with van der Waals surface area (Å²) < 4.78 is 11.3. The zero-order valence-electron chi connectivity index (χ0n) is 16.9. The van der Waals surface area contributed by atoms with Gasteiger partial charge in [-0.3, -0.25) is 4.79 Å². The van der Waals surface area contributed by atoms with Crippen LogP contribution in [0.15, 0.2) is 76.2 Å². The summed E-state index contributed by atoms with van der Waals surface area (Å²) in [5.74, 6) is -0.706. The van der Waals surface area contributed by atoms with E-state index in [0.29, 0.717) is 23.5 Å². The van der Waals surface area contributed by atoms with Crippen LogP contribution in [0.25, 0.3) is 0 Å². The summed E-state index contributed by atoms with van der Waals surface area (Å²) in [5.41, 5.74) is 2.66. The van der Waals surface area contributed by atoms with Crippen LogP contribution < -0.4 is 5.32 Å². The fourth-order valence-electron chi connectivity index (χ4n) is 4.31. The third-order valence-corrected chi connectivity index (χ3v) is 5.52. The van der Waals surface area contributed by atoms with E-state index in [2.05, 4.69) is 11.4 Å². The predicted molar refractivity (Wildman–Crippen MR) is 109 cm³/mol. The van der Waals surface area contributed by atoms with Crippen LogP contribution in [0, 0.1) is 11.3 Å². The fourth-order valence-corrected chi connectivity index (χ4v) is 4.31. The van der Waals surface area contributed by atoms with E-state index in [-0.39, 0.29) is 17.8 Å². The van der Waals surface area contributed by atoms with Gasteiger partial charge in [0.2, 0.25) is 0 Å². The minimum absolute atomic E-state index is 0.0993. The van der Waals surface area contributed by atoms with Crippen LogP contribution in [0.2, 0.25) is 0 Å². The number of hydrogen-bond acceptors (Lipinski definition) is 5. The van der Waals surface area contributed by atoms with Crippen molar-refractivity contribution in [2.24, 2.45) is 11.3 Å². The van der Waals surface area contributed by atoms with Gasteiger partial charge in [-0.15, -0.1) is 0 Å². The monoisotopic (exact) mass is 391 g/mol. The Bertz CT molecular complexity index is 983. The van der Waals surface area contributed by atoms with Gasteiger partial charge in [0.15, 0.2) is 0 Å². The van der Waals surface area contributed by atoms with E-state index in [1.807, 2.05) is 57.2 Å². The highest BCUT2D eigenvalue weighted by molar-refractivity contribution is 5.96. The number of fused-ring (bicyclic) bond motifs is 1. The molecule has 4 rings (SSSR count). The molecule has 0 saturated heterocycles. The molecule has 0 saturated carbocycles. The van der Waals surface area contributed by atoms with Gasteiger partial charge in [-0.2, -0.15) is 0 Å². The summed E-state index contributed by atoms with van der Waals surface area (Å²) in [6, 6.07) is 13.1. The summed E-state index contributed by atoms with van der Waals surface area (Å²) in [6.45, 7) is 6.11. The number of furan rings is 1. The van der Waals surface area contributed by atoms with Crippen molar-refractivity contribution in [3.8, 4) is 0 Å². The topological polar surface area (TPSA) is 68.5 Å². The number of benzene rings is 1. The Morgan fingerprint density at radius 1 is 1.17 bits per heavy atom. The van der Waals surface area contributed by atoms with Gasteiger partial charge in [-0.05, 0) is 30.0 Å². The molecule has 5 nitrogen and oxygen atoms in total. The molecule has 2 aromatic rings. The maximum absolute atomic E-state index is 13.1. The Balaban J connectivity index is 1.71. The Labute approximate surface area is 170 Å². The normalized spacial score (nSPS) is 23.1. The lowest BCUT2D eigenvalue weighted by Crippen LogP contribution is -2.43. The van der Waals surface area contributed by atoms with Crippen LogP contribution in [0.5, 0.6) is 0 Å². The molecule has 0 fully saturated rings. The lowest BCUT2D eigenvalue weighted by molar-refractivity contribution is -0.141. The van der Waals surface area contributed by atoms with Gasteiger partial charge in [0.05, 0.1) is 23.7 Å². The fraction of sp³-hybridized carbons (Fsp3) is 0.333. The summed E-state index contributed by atoms with van der Waals surface area (Å²) in [4.78, 5) is 26.2. The van der Waals surface area contributed by atoms with Crippen molar-refractivity contribution in [3.63, 3.8) is 0 Å². The molecule has 2 atom stereocenters. The molecule has 2 unspecified atom stereocenters. The zero-order chi connectivity index (χ0) is 20.6. The third kappa shape index (κ3) is 3.77. The molecule has 29 heavy (non-hydrogen) atoms. The van der Waals surface area contributed by atoms with Gasteiger partial charge in [0.1, 0.15) is 18.2 Å². The quantitative estimate of drug-likeness (QED) is 0.778. The lowest BCUT2D eigenvalue weighted by atomic mass is 9.67. The minimum Gasteiger partial charge on any atom is -0.469 e. The number of esters is 1. The number of rotatable bonds is 4. The Kier molecular flexibility index (Phi) is 4.91. The van der Waals surface area contributed by atoms with Gasteiger partial charge in [-0.25, -0.2) is 4.79 Å². The van der Waals surface area contributed by atoms with Crippen LogP contribution >= 0.6 is 0 Å². The Morgan fingerprint density at radius 3 is 2.62 bits per heavy atom. The van der Waals surface area contributed by atoms with E-state index in [1.165, 1.54) is 0 Å². The molecule has 2 aliphatic rings.